The number of amides is 1. The van der Waals surface area contributed by atoms with Crippen LogP contribution in [0.15, 0.2) is 66.2 Å². The Balaban J connectivity index is 1.72. The third-order valence-electron chi connectivity index (χ3n) is 6.64. The van der Waals surface area contributed by atoms with Crippen molar-refractivity contribution in [2.24, 2.45) is 5.41 Å². The number of hydrogen-bond acceptors (Lipinski definition) is 5. The highest BCUT2D eigenvalue weighted by Crippen LogP contribution is 2.48. The van der Waals surface area contributed by atoms with Crippen LogP contribution in [0.25, 0.3) is 0 Å². The van der Waals surface area contributed by atoms with Crippen molar-refractivity contribution in [3.63, 3.8) is 0 Å². The topological polar surface area (TPSA) is 54.5 Å². The molecule has 1 saturated heterocycles. The van der Waals surface area contributed by atoms with Gasteiger partial charge in [0.15, 0.2) is 5.13 Å². The molecule has 3 aromatic rings. The quantitative estimate of drug-likeness (QED) is 0.595. The number of carbonyl (C=O) groups excluding carboxylic acids is 1. The molecule has 1 aliphatic rings. The standard InChI is InChI=1S/C25H29N3O2S/c1-24(2,22(29)27-23-26-13-18-31-23)25(3,19-7-5-4-6-8-19)20-9-11-21(12-10-20)28-14-16-30-17-15-28/h4-13,18H,14-17H2,1-3H3,(H,26,27,29). The molecule has 31 heavy (non-hydrogen) atoms. The Morgan fingerprint density at radius 1 is 1.00 bits per heavy atom. The predicted octanol–water partition coefficient (Wildman–Crippen LogP) is 4.95. The zero-order chi connectivity index (χ0) is 21.9. The van der Waals surface area contributed by atoms with Crippen LogP contribution >= 0.6 is 11.3 Å². The summed E-state index contributed by atoms with van der Waals surface area (Å²) in [5.74, 6) is -0.0499. The highest BCUT2D eigenvalue weighted by molar-refractivity contribution is 7.13. The lowest BCUT2D eigenvalue weighted by molar-refractivity contribution is -0.126. The molecular weight excluding hydrogens is 406 g/mol. The fraction of sp³-hybridized carbons (Fsp3) is 0.360. The molecule has 0 saturated carbocycles. The molecule has 1 aromatic heterocycles. The van der Waals surface area contributed by atoms with Gasteiger partial charge in [-0.15, -0.1) is 11.3 Å². The fourth-order valence-corrected chi connectivity index (χ4v) is 4.78. The minimum Gasteiger partial charge on any atom is -0.378 e. The summed E-state index contributed by atoms with van der Waals surface area (Å²) in [5.41, 5.74) is 2.12. The van der Waals surface area contributed by atoms with E-state index in [0.717, 1.165) is 37.4 Å². The van der Waals surface area contributed by atoms with Gasteiger partial charge in [-0.05, 0) is 37.1 Å². The number of benzene rings is 2. The van der Waals surface area contributed by atoms with Gasteiger partial charge < -0.3 is 15.0 Å². The maximum Gasteiger partial charge on any atom is 0.233 e. The number of aromatic nitrogens is 1. The Bertz CT molecular complexity index is 997. The minimum atomic E-state index is -0.736. The second kappa shape index (κ2) is 8.81. The maximum atomic E-state index is 13.5. The molecule has 162 valence electrons. The van der Waals surface area contributed by atoms with Crippen LogP contribution < -0.4 is 10.2 Å². The van der Waals surface area contributed by atoms with Crippen molar-refractivity contribution < 1.29 is 9.53 Å². The van der Waals surface area contributed by atoms with Crippen LogP contribution in [0.4, 0.5) is 10.8 Å². The first-order valence-electron chi connectivity index (χ1n) is 10.6. The van der Waals surface area contributed by atoms with E-state index in [0.29, 0.717) is 5.13 Å². The highest BCUT2D eigenvalue weighted by atomic mass is 32.1. The van der Waals surface area contributed by atoms with Crippen molar-refractivity contribution in [1.29, 1.82) is 0 Å². The summed E-state index contributed by atoms with van der Waals surface area (Å²) in [7, 11) is 0. The van der Waals surface area contributed by atoms with E-state index in [1.165, 1.54) is 17.0 Å². The Hall–Kier alpha value is -2.70. The lowest BCUT2D eigenvalue weighted by atomic mass is 9.59. The van der Waals surface area contributed by atoms with Crippen molar-refractivity contribution in [2.75, 3.05) is 36.5 Å². The summed E-state index contributed by atoms with van der Waals surface area (Å²) < 4.78 is 5.48. The minimum absolute atomic E-state index is 0.0499. The van der Waals surface area contributed by atoms with Crippen molar-refractivity contribution in [1.82, 2.24) is 4.98 Å². The third kappa shape index (κ3) is 4.10. The number of ether oxygens (including phenoxy) is 1. The summed E-state index contributed by atoms with van der Waals surface area (Å²) in [6.07, 6.45) is 1.70. The molecule has 6 heteroatoms. The van der Waals surface area contributed by atoms with Gasteiger partial charge in [-0.1, -0.05) is 49.4 Å². The van der Waals surface area contributed by atoms with Gasteiger partial charge in [0.25, 0.3) is 0 Å². The molecule has 2 aromatic carbocycles. The van der Waals surface area contributed by atoms with Crippen LogP contribution in [0.5, 0.6) is 0 Å². The molecule has 0 spiro atoms. The number of thiazole rings is 1. The molecule has 0 bridgehead atoms. The second-order valence-corrected chi connectivity index (χ2v) is 9.45. The van der Waals surface area contributed by atoms with Gasteiger partial charge in [0.1, 0.15) is 0 Å². The monoisotopic (exact) mass is 435 g/mol. The molecule has 1 unspecified atom stereocenters. The molecule has 1 fully saturated rings. The molecule has 1 amide bonds. The number of nitrogens with zero attached hydrogens (tertiary/aromatic N) is 2. The summed E-state index contributed by atoms with van der Waals surface area (Å²) in [5, 5.41) is 5.50. The summed E-state index contributed by atoms with van der Waals surface area (Å²) in [4.78, 5) is 20.0. The number of carbonyl (C=O) groups is 1. The lowest BCUT2D eigenvalue weighted by Crippen LogP contribution is -2.48. The first kappa shape index (κ1) is 21.5. The van der Waals surface area contributed by atoms with Crippen molar-refractivity contribution in [3.8, 4) is 0 Å². The van der Waals surface area contributed by atoms with Crippen LogP contribution in [-0.2, 0) is 14.9 Å². The molecule has 1 aliphatic heterocycles. The second-order valence-electron chi connectivity index (χ2n) is 8.55. The van der Waals surface area contributed by atoms with Crippen molar-refractivity contribution in [3.05, 3.63) is 77.3 Å². The zero-order valence-electron chi connectivity index (χ0n) is 18.3. The molecule has 5 nitrogen and oxygen atoms in total. The predicted molar refractivity (Wildman–Crippen MR) is 127 cm³/mol. The first-order chi connectivity index (χ1) is 14.9. The fourth-order valence-electron chi connectivity index (χ4n) is 4.25. The Morgan fingerprint density at radius 3 is 2.26 bits per heavy atom. The van der Waals surface area contributed by atoms with Crippen LogP contribution in [-0.4, -0.2) is 37.2 Å². The smallest absolute Gasteiger partial charge is 0.233 e. The van der Waals surface area contributed by atoms with E-state index in [2.05, 4.69) is 58.5 Å². The van der Waals surface area contributed by atoms with E-state index >= 15 is 0 Å². The molecule has 0 aliphatic carbocycles. The molecule has 1 atom stereocenters. The van der Waals surface area contributed by atoms with E-state index < -0.39 is 10.8 Å². The van der Waals surface area contributed by atoms with Gasteiger partial charge in [0.05, 0.1) is 18.6 Å². The largest absolute Gasteiger partial charge is 0.378 e. The number of nitrogens with one attached hydrogen (secondary N) is 1. The van der Waals surface area contributed by atoms with E-state index in [1.54, 1.807) is 6.20 Å². The van der Waals surface area contributed by atoms with Gasteiger partial charge in [-0.25, -0.2) is 4.98 Å². The molecular formula is C25H29N3O2S. The Labute approximate surface area is 188 Å². The average molecular weight is 436 g/mol. The normalized spacial score (nSPS) is 16.5. The third-order valence-corrected chi connectivity index (χ3v) is 7.33. The van der Waals surface area contributed by atoms with E-state index in [4.69, 9.17) is 4.74 Å². The van der Waals surface area contributed by atoms with Crippen LogP contribution in [0.3, 0.4) is 0 Å². The van der Waals surface area contributed by atoms with E-state index in [9.17, 15) is 4.79 Å². The van der Waals surface area contributed by atoms with Crippen molar-refractivity contribution >= 4 is 28.1 Å². The van der Waals surface area contributed by atoms with Crippen LogP contribution in [0.1, 0.15) is 31.9 Å². The zero-order valence-corrected chi connectivity index (χ0v) is 19.1. The summed E-state index contributed by atoms with van der Waals surface area (Å²) in [6, 6.07) is 18.9. The van der Waals surface area contributed by atoms with Crippen LogP contribution in [0, 0.1) is 5.41 Å². The van der Waals surface area contributed by atoms with Crippen LogP contribution in [0.2, 0.25) is 0 Å². The number of hydrogen-bond donors (Lipinski definition) is 1. The van der Waals surface area contributed by atoms with Crippen molar-refractivity contribution in [2.45, 2.75) is 26.2 Å². The number of anilines is 2. The SMILES string of the molecule is CC(C)(C(=O)Nc1nccs1)C(C)(c1ccccc1)c1ccc(N2CCOCC2)cc1. The van der Waals surface area contributed by atoms with E-state index in [-0.39, 0.29) is 5.91 Å². The van der Waals surface area contributed by atoms with Gasteiger partial charge in [0, 0.05) is 35.8 Å². The summed E-state index contributed by atoms with van der Waals surface area (Å²) >= 11 is 1.43. The van der Waals surface area contributed by atoms with Gasteiger partial charge in [-0.2, -0.15) is 0 Å². The van der Waals surface area contributed by atoms with Gasteiger partial charge >= 0.3 is 0 Å². The molecule has 0 radical (unpaired) electrons. The Morgan fingerprint density at radius 2 is 1.65 bits per heavy atom. The molecule has 2 heterocycles. The lowest BCUT2D eigenvalue weighted by Gasteiger charge is -2.44. The van der Waals surface area contributed by atoms with Gasteiger partial charge in [0.2, 0.25) is 5.91 Å². The maximum absolute atomic E-state index is 13.5. The number of rotatable bonds is 6. The first-order valence-corrected chi connectivity index (χ1v) is 11.5. The van der Waals surface area contributed by atoms with E-state index in [1.807, 2.05) is 37.4 Å². The number of morpholine rings is 1. The summed E-state index contributed by atoms with van der Waals surface area (Å²) in [6.45, 7) is 9.50. The van der Waals surface area contributed by atoms with Gasteiger partial charge in [-0.3, -0.25) is 4.79 Å². The molecule has 1 N–H and O–H groups in total. The molecule has 4 rings (SSSR count). The highest BCUT2D eigenvalue weighted by Gasteiger charge is 2.49. The average Bonchev–Trinajstić information content (AvgIpc) is 3.33. The Kier molecular flexibility index (Phi) is 6.12.